The molecule has 0 spiro atoms. The van der Waals surface area contributed by atoms with Gasteiger partial charge in [0, 0.05) is 31.7 Å². The van der Waals surface area contributed by atoms with Gasteiger partial charge in [-0.2, -0.15) is 0 Å². The number of hydrogen-bond acceptors (Lipinski definition) is 7. The second kappa shape index (κ2) is 37.0. The molecule has 8 heteroatoms. The monoisotopic (exact) mass is 681 g/mol. The van der Waals surface area contributed by atoms with Crippen LogP contribution in [0.3, 0.4) is 0 Å². The number of esters is 2. The van der Waals surface area contributed by atoms with E-state index in [1.165, 1.54) is 63.1 Å². The summed E-state index contributed by atoms with van der Waals surface area (Å²) >= 11 is 1.44. The Morgan fingerprint density at radius 1 is 0.574 bits per heavy atom. The maximum atomic E-state index is 12.9. The predicted octanol–water partition coefficient (Wildman–Crippen LogP) is 10.6. The summed E-state index contributed by atoms with van der Waals surface area (Å²) in [6, 6.07) is 0. The van der Waals surface area contributed by atoms with Crippen molar-refractivity contribution in [3.63, 3.8) is 0 Å². The molecule has 0 bridgehead atoms. The summed E-state index contributed by atoms with van der Waals surface area (Å²) < 4.78 is 10.6. The fraction of sp³-hybridized carbons (Fsp3) is 0.821. The molecule has 274 valence electrons. The predicted molar refractivity (Wildman–Crippen MR) is 201 cm³/mol. The largest absolute Gasteiger partial charge is 0.461 e. The highest BCUT2D eigenvalue weighted by molar-refractivity contribution is 8.13. The van der Waals surface area contributed by atoms with Crippen LogP contribution < -0.4 is 5.32 Å². The Bertz CT molecular complexity index is 737. The fourth-order valence-electron chi connectivity index (χ4n) is 5.17. The van der Waals surface area contributed by atoms with Crippen molar-refractivity contribution in [3.05, 3.63) is 24.3 Å². The van der Waals surface area contributed by atoms with Gasteiger partial charge in [0.2, 0.25) is 0 Å². The average molecular weight is 681 g/mol. The van der Waals surface area contributed by atoms with Gasteiger partial charge >= 0.3 is 11.9 Å². The highest BCUT2D eigenvalue weighted by atomic mass is 32.2. The van der Waals surface area contributed by atoms with Gasteiger partial charge in [-0.15, -0.1) is 0 Å². The van der Waals surface area contributed by atoms with Crippen molar-refractivity contribution in [3.8, 4) is 0 Å². The van der Waals surface area contributed by atoms with Crippen LogP contribution in [0.4, 0.5) is 4.79 Å². The van der Waals surface area contributed by atoms with Gasteiger partial charge in [0.25, 0.3) is 5.24 Å². The number of rotatable bonds is 34. The molecule has 0 fully saturated rings. The van der Waals surface area contributed by atoms with Gasteiger partial charge in [-0.3, -0.25) is 14.4 Å². The van der Waals surface area contributed by atoms with Crippen LogP contribution in [0.25, 0.3) is 0 Å². The first-order chi connectivity index (χ1) is 23.0. The zero-order chi connectivity index (χ0) is 34.5. The molecule has 0 aliphatic rings. The first-order valence-electron chi connectivity index (χ1n) is 19.2. The Balaban J connectivity index is 4.06. The molecule has 0 aromatic carbocycles. The molecule has 1 amide bonds. The van der Waals surface area contributed by atoms with Gasteiger partial charge in [-0.25, -0.2) is 0 Å². The van der Waals surface area contributed by atoms with E-state index < -0.39 is 0 Å². The molecule has 1 N–H and O–H groups in total. The summed E-state index contributed by atoms with van der Waals surface area (Å²) in [6.07, 6.45) is 32.3. The van der Waals surface area contributed by atoms with Crippen LogP contribution in [-0.2, 0) is 19.1 Å². The van der Waals surface area contributed by atoms with Crippen molar-refractivity contribution in [1.29, 1.82) is 0 Å². The molecular formula is C39H72N2O5S. The minimum absolute atomic E-state index is 0.108. The molecule has 0 aromatic heterocycles. The normalized spacial score (nSPS) is 11.5. The van der Waals surface area contributed by atoms with Gasteiger partial charge in [0.05, 0.1) is 0 Å². The second-order valence-corrected chi connectivity index (χ2v) is 13.6. The van der Waals surface area contributed by atoms with Crippen LogP contribution in [0.2, 0.25) is 0 Å². The van der Waals surface area contributed by atoms with Gasteiger partial charge in [-0.1, -0.05) is 127 Å². The molecule has 0 rings (SSSR count). The molecule has 47 heavy (non-hydrogen) atoms. The lowest BCUT2D eigenvalue weighted by atomic mass is 10.1. The Hall–Kier alpha value is -1.80. The molecule has 0 atom stereocenters. The standard InChI is InChI=1S/C39H72N2O5S/c1-4-6-8-10-12-20-26-34-45-37(42)29-22-16-14-18-24-32-41(39(44)47-36-28-31-40-3)33-25-19-15-17-23-30-38(43)46-35-27-21-13-11-9-7-5-2/h20-21,26-27,40H,4-19,22-25,28-36H2,1-3H3. The summed E-state index contributed by atoms with van der Waals surface area (Å²) in [5.74, 6) is 0.624. The molecule has 0 unspecified atom stereocenters. The van der Waals surface area contributed by atoms with E-state index in [0.717, 1.165) is 109 Å². The van der Waals surface area contributed by atoms with E-state index in [-0.39, 0.29) is 17.2 Å². The van der Waals surface area contributed by atoms with Crippen molar-refractivity contribution >= 4 is 28.9 Å². The molecule has 7 nitrogen and oxygen atoms in total. The van der Waals surface area contributed by atoms with Gasteiger partial charge in [0.1, 0.15) is 13.2 Å². The van der Waals surface area contributed by atoms with Gasteiger partial charge < -0.3 is 19.7 Å². The van der Waals surface area contributed by atoms with Crippen LogP contribution in [-0.4, -0.2) is 67.7 Å². The first-order valence-corrected chi connectivity index (χ1v) is 20.2. The lowest BCUT2D eigenvalue weighted by molar-refractivity contribution is -0.143. The van der Waals surface area contributed by atoms with Crippen LogP contribution >= 0.6 is 11.8 Å². The molecule has 0 aliphatic carbocycles. The van der Waals surface area contributed by atoms with Crippen LogP contribution in [0.5, 0.6) is 0 Å². The maximum Gasteiger partial charge on any atom is 0.306 e. The summed E-state index contributed by atoms with van der Waals surface area (Å²) in [7, 11) is 1.94. The van der Waals surface area contributed by atoms with Crippen molar-refractivity contribution < 1.29 is 23.9 Å². The third-order valence-electron chi connectivity index (χ3n) is 8.14. The van der Waals surface area contributed by atoms with Gasteiger partial charge in [-0.05, 0) is 71.4 Å². The second-order valence-electron chi connectivity index (χ2n) is 12.6. The smallest absolute Gasteiger partial charge is 0.306 e. The number of allylic oxidation sites excluding steroid dienone is 2. The van der Waals surface area contributed by atoms with E-state index in [1.54, 1.807) is 0 Å². The van der Waals surface area contributed by atoms with E-state index in [9.17, 15) is 14.4 Å². The Kier molecular flexibility index (Phi) is 35.6. The summed E-state index contributed by atoms with van der Waals surface area (Å²) in [4.78, 5) is 38.9. The third kappa shape index (κ3) is 33.9. The van der Waals surface area contributed by atoms with E-state index in [4.69, 9.17) is 9.47 Å². The minimum atomic E-state index is -0.108. The summed E-state index contributed by atoms with van der Waals surface area (Å²) in [5, 5.41) is 3.34. The zero-order valence-electron chi connectivity index (χ0n) is 30.7. The Morgan fingerprint density at radius 3 is 1.49 bits per heavy atom. The van der Waals surface area contributed by atoms with Crippen LogP contribution in [0.1, 0.15) is 162 Å². The topological polar surface area (TPSA) is 84.9 Å². The highest BCUT2D eigenvalue weighted by Gasteiger charge is 2.13. The molecule has 0 aromatic rings. The number of ether oxygens (including phenoxy) is 2. The number of nitrogens with one attached hydrogen (secondary N) is 1. The maximum absolute atomic E-state index is 12.9. The molecule has 0 saturated heterocycles. The molecule has 0 heterocycles. The van der Waals surface area contributed by atoms with E-state index in [2.05, 4.69) is 31.3 Å². The lowest BCUT2D eigenvalue weighted by Crippen LogP contribution is -2.30. The average Bonchev–Trinajstić information content (AvgIpc) is 3.07. The lowest BCUT2D eigenvalue weighted by Gasteiger charge is -2.22. The van der Waals surface area contributed by atoms with Crippen molar-refractivity contribution in [2.75, 3.05) is 45.6 Å². The van der Waals surface area contributed by atoms with Crippen molar-refractivity contribution in [2.24, 2.45) is 0 Å². The number of nitrogens with zero attached hydrogens (tertiary/aromatic N) is 1. The van der Waals surface area contributed by atoms with Crippen molar-refractivity contribution in [2.45, 2.75) is 162 Å². The number of carbonyl (C=O) groups excluding carboxylic acids is 3. The fourth-order valence-corrected chi connectivity index (χ4v) is 6.00. The highest BCUT2D eigenvalue weighted by Crippen LogP contribution is 2.15. The summed E-state index contributed by atoms with van der Waals surface area (Å²) in [5.41, 5.74) is 0. The number of carbonyl (C=O) groups is 3. The molecule has 0 saturated carbocycles. The van der Waals surface area contributed by atoms with Crippen LogP contribution in [0.15, 0.2) is 24.3 Å². The SMILES string of the molecule is CCCCCCC=CCOC(=O)CCCCCCCN(CCCCCCCC(=O)OCC=CCCCCCC)C(=O)SCCCNC. The molecular weight excluding hydrogens is 609 g/mol. The number of amides is 1. The van der Waals surface area contributed by atoms with Crippen LogP contribution in [0, 0.1) is 0 Å². The minimum Gasteiger partial charge on any atom is -0.461 e. The zero-order valence-corrected chi connectivity index (χ0v) is 31.5. The molecule has 0 radical (unpaired) electrons. The Morgan fingerprint density at radius 2 is 1.02 bits per heavy atom. The number of unbranched alkanes of at least 4 members (excludes halogenated alkanes) is 16. The summed E-state index contributed by atoms with van der Waals surface area (Å²) in [6.45, 7) is 7.71. The quantitative estimate of drug-likeness (QED) is 0.0411. The Labute approximate surface area is 293 Å². The third-order valence-corrected chi connectivity index (χ3v) is 9.13. The van der Waals surface area contributed by atoms with Crippen molar-refractivity contribution in [1.82, 2.24) is 10.2 Å². The van der Waals surface area contributed by atoms with Gasteiger partial charge in [0.15, 0.2) is 0 Å². The number of thioether (sulfide) groups is 1. The molecule has 0 aliphatic heterocycles. The number of hydrogen-bond donors (Lipinski definition) is 1. The van der Waals surface area contributed by atoms with E-state index in [0.29, 0.717) is 26.1 Å². The first kappa shape index (κ1) is 45.2. The van der Waals surface area contributed by atoms with E-state index >= 15 is 0 Å². The van der Waals surface area contributed by atoms with E-state index in [1.807, 2.05) is 24.1 Å².